The van der Waals surface area contributed by atoms with Crippen LogP contribution < -0.4 is 5.56 Å². The standard InChI is InChI=1S/C19H14BrCl2FN2O/c1-11-24-16(10-7-12-5-8-13(23)9-6-12)17(20)19(26)25(11)18-14(21)3-2-4-15(18)22/h2-6,8-9H,7,10H2,1H3. The van der Waals surface area contributed by atoms with Gasteiger partial charge in [0.15, 0.2) is 0 Å². The molecule has 0 radical (unpaired) electrons. The summed E-state index contributed by atoms with van der Waals surface area (Å²) in [5.74, 6) is 0.213. The molecule has 1 aromatic heterocycles. The van der Waals surface area contributed by atoms with Crippen molar-refractivity contribution in [3.63, 3.8) is 0 Å². The maximum atomic E-state index is 13.0. The summed E-state index contributed by atoms with van der Waals surface area (Å²) in [7, 11) is 0. The molecule has 0 saturated carbocycles. The fourth-order valence-corrected chi connectivity index (χ4v) is 3.74. The Balaban J connectivity index is 1.98. The van der Waals surface area contributed by atoms with Gasteiger partial charge in [0.1, 0.15) is 16.1 Å². The second-order valence-electron chi connectivity index (χ2n) is 5.76. The van der Waals surface area contributed by atoms with Gasteiger partial charge in [-0.3, -0.25) is 9.36 Å². The highest BCUT2D eigenvalue weighted by Crippen LogP contribution is 2.28. The van der Waals surface area contributed by atoms with Crippen LogP contribution in [0.5, 0.6) is 0 Å². The highest BCUT2D eigenvalue weighted by molar-refractivity contribution is 9.10. The van der Waals surface area contributed by atoms with E-state index in [-0.39, 0.29) is 11.4 Å². The zero-order chi connectivity index (χ0) is 18.8. The maximum absolute atomic E-state index is 13.0. The van der Waals surface area contributed by atoms with Crippen molar-refractivity contribution in [3.8, 4) is 5.69 Å². The summed E-state index contributed by atoms with van der Waals surface area (Å²) < 4.78 is 14.8. The van der Waals surface area contributed by atoms with Crippen LogP contribution in [0.25, 0.3) is 5.69 Å². The van der Waals surface area contributed by atoms with Gasteiger partial charge < -0.3 is 0 Å². The van der Waals surface area contributed by atoms with Gasteiger partial charge in [-0.05, 0) is 65.5 Å². The molecule has 0 spiro atoms. The third kappa shape index (κ3) is 3.85. The van der Waals surface area contributed by atoms with Gasteiger partial charge >= 0.3 is 0 Å². The lowest BCUT2D eigenvalue weighted by atomic mass is 10.1. The van der Waals surface area contributed by atoms with Crippen molar-refractivity contribution in [1.82, 2.24) is 9.55 Å². The van der Waals surface area contributed by atoms with Crippen molar-refractivity contribution < 1.29 is 4.39 Å². The van der Waals surface area contributed by atoms with Crippen molar-refractivity contribution in [2.24, 2.45) is 0 Å². The molecule has 0 atom stereocenters. The van der Waals surface area contributed by atoms with Crippen LogP contribution >= 0.6 is 39.1 Å². The Morgan fingerprint density at radius 3 is 2.31 bits per heavy atom. The van der Waals surface area contributed by atoms with E-state index in [2.05, 4.69) is 20.9 Å². The predicted octanol–water partition coefficient (Wildman–Crippen LogP) is 5.53. The number of benzene rings is 2. The first-order valence-electron chi connectivity index (χ1n) is 7.85. The van der Waals surface area contributed by atoms with E-state index in [0.29, 0.717) is 44.6 Å². The van der Waals surface area contributed by atoms with Gasteiger partial charge in [0, 0.05) is 0 Å². The van der Waals surface area contributed by atoms with Crippen molar-refractivity contribution in [1.29, 1.82) is 0 Å². The number of aromatic nitrogens is 2. The fraction of sp³-hybridized carbons (Fsp3) is 0.158. The molecule has 0 bridgehead atoms. The van der Waals surface area contributed by atoms with Crippen LogP contribution in [-0.4, -0.2) is 9.55 Å². The van der Waals surface area contributed by atoms with Crippen LogP contribution in [0.15, 0.2) is 51.7 Å². The summed E-state index contributed by atoms with van der Waals surface area (Å²) in [6.45, 7) is 1.73. The lowest BCUT2D eigenvalue weighted by Gasteiger charge is -2.15. The van der Waals surface area contributed by atoms with E-state index in [4.69, 9.17) is 23.2 Å². The van der Waals surface area contributed by atoms with E-state index in [1.54, 1.807) is 37.3 Å². The highest BCUT2D eigenvalue weighted by Gasteiger charge is 2.17. The average Bonchev–Trinajstić information content (AvgIpc) is 2.61. The number of aryl methyl sites for hydroxylation is 3. The van der Waals surface area contributed by atoms with Gasteiger partial charge in [0.25, 0.3) is 5.56 Å². The van der Waals surface area contributed by atoms with E-state index in [1.807, 2.05) is 0 Å². The predicted molar refractivity (Wildman–Crippen MR) is 106 cm³/mol. The second kappa shape index (κ2) is 7.91. The molecular formula is C19H14BrCl2FN2O. The van der Waals surface area contributed by atoms with Crippen molar-refractivity contribution in [3.05, 3.63) is 90.2 Å². The number of hydrogen-bond acceptors (Lipinski definition) is 2. The molecule has 2 aromatic carbocycles. The molecule has 0 aliphatic rings. The number of rotatable bonds is 4. The first-order valence-corrected chi connectivity index (χ1v) is 9.40. The summed E-state index contributed by atoms with van der Waals surface area (Å²) in [5.41, 5.74) is 1.74. The zero-order valence-electron chi connectivity index (χ0n) is 13.8. The van der Waals surface area contributed by atoms with Crippen LogP contribution in [-0.2, 0) is 12.8 Å². The average molecular weight is 456 g/mol. The lowest BCUT2D eigenvalue weighted by Crippen LogP contribution is -2.25. The smallest absolute Gasteiger partial charge is 0.268 e. The van der Waals surface area contributed by atoms with E-state index in [0.717, 1.165) is 5.56 Å². The molecule has 1 heterocycles. The normalized spacial score (nSPS) is 11.0. The summed E-state index contributed by atoms with van der Waals surface area (Å²) >= 11 is 15.8. The van der Waals surface area contributed by atoms with Gasteiger partial charge in [0.05, 0.1) is 21.4 Å². The van der Waals surface area contributed by atoms with E-state index in [1.165, 1.54) is 16.7 Å². The lowest BCUT2D eigenvalue weighted by molar-refractivity contribution is 0.627. The number of hydrogen-bond donors (Lipinski definition) is 0. The molecule has 0 unspecified atom stereocenters. The minimum absolute atomic E-state index is 0.275. The third-order valence-corrected chi connectivity index (χ3v) is 5.40. The molecule has 7 heteroatoms. The first kappa shape index (κ1) is 19.1. The monoisotopic (exact) mass is 454 g/mol. The van der Waals surface area contributed by atoms with Crippen LogP contribution in [0.1, 0.15) is 17.1 Å². The van der Waals surface area contributed by atoms with Gasteiger partial charge in [-0.25, -0.2) is 9.37 Å². The molecule has 0 aliphatic heterocycles. The first-order chi connectivity index (χ1) is 12.4. The quantitative estimate of drug-likeness (QED) is 0.518. The van der Waals surface area contributed by atoms with Crippen LogP contribution in [0.3, 0.4) is 0 Å². The molecule has 134 valence electrons. The summed E-state index contributed by atoms with van der Waals surface area (Å²) in [5, 5.41) is 0.742. The minimum atomic E-state index is -0.276. The van der Waals surface area contributed by atoms with Gasteiger partial charge in [-0.15, -0.1) is 0 Å². The molecule has 26 heavy (non-hydrogen) atoms. The molecule has 3 aromatic rings. The van der Waals surface area contributed by atoms with Crippen molar-refractivity contribution in [2.75, 3.05) is 0 Å². The summed E-state index contributed by atoms with van der Waals surface area (Å²) in [6.07, 6.45) is 1.18. The Hall–Kier alpha value is -1.69. The Morgan fingerprint density at radius 1 is 1.08 bits per heavy atom. The van der Waals surface area contributed by atoms with Crippen molar-refractivity contribution >= 4 is 39.1 Å². The number of para-hydroxylation sites is 1. The number of nitrogens with zero attached hydrogens (tertiary/aromatic N) is 2. The SMILES string of the molecule is Cc1nc(CCc2ccc(F)cc2)c(Br)c(=O)n1-c1c(Cl)cccc1Cl. The van der Waals surface area contributed by atoms with E-state index >= 15 is 0 Å². The topological polar surface area (TPSA) is 34.9 Å². The summed E-state index contributed by atoms with van der Waals surface area (Å²) in [6, 6.07) is 11.3. The van der Waals surface area contributed by atoms with Gasteiger partial charge in [0.2, 0.25) is 0 Å². The largest absolute Gasteiger partial charge is 0.272 e. The second-order valence-corrected chi connectivity index (χ2v) is 7.36. The van der Waals surface area contributed by atoms with Gasteiger partial charge in [-0.1, -0.05) is 41.4 Å². The zero-order valence-corrected chi connectivity index (χ0v) is 16.9. The van der Waals surface area contributed by atoms with E-state index < -0.39 is 0 Å². The molecule has 0 aliphatic carbocycles. The molecule has 0 fully saturated rings. The Labute approximate surface area is 168 Å². The Bertz CT molecular complexity index is 999. The number of halogens is 4. The van der Waals surface area contributed by atoms with Crippen LogP contribution in [0.4, 0.5) is 4.39 Å². The maximum Gasteiger partial charge on any atom is 0.272 e. The summed E-state index contributed by atoms with van der Waals surface area (Å²) in [4.78, 5) is 17.4. The Morgan fingerprint density at radius 2 is 1.69 bits per heavy atom. The van der Waals surface area contributed by atoms with Crippen LogP contribution in [0, 0.1) is 12.7 Å². The fourth-order valence-electron chi connectivity index (χ4n) is 2.71. The van der Waals surface area contributed by atoms with E-state index in [9.17, 15) is 9.18 Å². The third-order valence-electron chi connectivity index (χ3n) is 3.99. The molecule has 3 nitrogen and oxygen atoms in total. The van der Waals surface area contributed by atoms with Crippen molar-refractivity contribution in [2.45, 2.75) is 19.8 Å². The van der Waals surface area contributed by atoms with Crippen LogP contribution in [0.2, 0.25) is 10.0 Å². The molecule has 0 amide bonds. The van der Waals surface area contributed by atoms with Gasteiger partial charge in [-0.2, -0.15) is 0 Å². The minimum Gasteiger partial charge on any atom is -0.268 e. The molecular weight excluding hydrogens is 442 g/mol. The molecule has 0 N–H and O–H groups in total. The molecule has 0 saturated heterocycles. The Kier molecular flexibility index (Phi) is 5.80. The molecule has 3 rings (SSSR count). The highest BCUT2D eigenvalue weighted by atomic mass is 79.9.